The maximum atomic E-state index is 9.97. The van der Waals surface area contributed by atoms with E-state index in [0.717, 1.165) is 11.4 Å². The molecule has 0 saturated carbocycles. The molecule has 1 aliphatic rings. The van der Waals surface area contributed by atoms with E-state index >= 15 is 0 Å². The highest BCUT2D eigenvalue weighted by Gasteiger charge is 2.42. The van der Waals surface area contributed by atoms with Gasteiger partial charge in [-0.25, -0.2) is 4.98 Å². The highest BCUT2D eigenvalue weighted by atomic mass is 32.1. The first-order valence-corrected chi connectivity index (χ1v) is 5.68. The second-order valence-electron chi connectivity index (χ2n) is 4.25. The van der Waals surface area contributed by atoms with E-state index in [-0.39, 0.29) is 12.0 Å². The molecule has 14 heavy (non-hydrogen) atoms. The molecule has 1 saturated heterocycles. The fourth-order valence-corrected chi connectivity index (χ4v) is 2.53. The van der Waals surface area contributed by atoms with Crippen molar-refractivity contribution in [3.8, 4) is 0 Å². The van der Waals surface area contributed by atoms with Crippen molar-refractivity contribution >= 4 is 11.3 Å². The third kappa shape index (κ3) is 1.82. The lowest BCUT2D eigenvalue weighted by molar-refractivity contribution is -0.0311. The molecular weight excluding hydrogens is 198 g/mol. The molecule has 0 aromatic carbocycles. The number of thiazole rings is 1. The smallest absolute Gasteiger partial charge is 0.0929 e. The van der Waals surface area contributed by atoms with Crippen LogP contribution in [0.1, 0.15) is 18.9 Å². The molecule has 0 radical (unpaired) electrons. The number of aliphatic hydroxyl groups excluding tert-OH is 1. The average Bonchev–Trinajstić information content (AvgIpc) is 2.70. The summed E-state index contributed by atoms with van der Waals surface area (Å²) in [6.07, 6.45) is 2.24. The molecule has 1 aliphatic heterocycles. The highest BCUT2D eigenvalue weighted by Crippen LogP contribution is 2.32. The first kappa shape index (κ1) is 10.1. The molecule has 0 amide bonds. The van der Waals surface area contributed by atoms with Gasteiger partial charge in [0.15, 0.2) is 0 Å². The average molecular weight is 213 g/mol. The molecule has 0 aliphatic carbocycles. The summed E-state index contributed by atoms with van der Waals surface area (Å²) in [6, 6.07) is 0. The lowest BCUT2D eigenvalue weighted by Crippen LogP contribution is -2.35. The van der Waals surface area contributed by atoms with Gasteiger partial charge in [0, 0.05) is 23.9 Å². The molecule has 1 fully saturated rings. The molecule has 0 bridgehead atoms. The SMILES string of the molecule is CC1(C)OCC(Cc2nccs2)C1O. The zero-order valence-electron chi connectivity index (χ0n) is 8.43. The quantitative estimate of drug-likeness (QED) is 0.809. The summed E-state index contributed by atoms with van der Waals surface area (Å²) >= 11 is 1.63. The van der Waals surface area contributed by atoms with Crippen LogP contribution in [0.5, 0.6) is 0 Å². The fourth-order valence-electron chi connectivity index (χ4n) is 1.81. The Kier molecular flexibility index (Phi) is 2.60. The predicted octanol–water partition coefficient (Wildman–Crippen LogP) is 1.47. The van der Waals surface area contributed by atoms with Crippen LogP contribution in [0, 0.1) is 5.92 Å². The maximum absolute atomic E-state index is 9.97. The Bertz CT molecular complexity index is 297. The van der Waals surface area contributed by atoms with Gasteiger partial charge in [-0.1, -0.05) is 0 Å². The minimum absolute atomic E-state index is 0.191. The van der Waals surface area contributed by atoms with E-state index in [4.69, 9.17) is 4.74 Å². The summed E-state index contributed by atoms with van der Waals surface area (Å²) in [5.74, 6) is 0.191. The van der Waals surface area contributed by atoms with Gasteiger partial charge in [-0.15, -0.1) is 11.3 Å². The number of hydrogen-bond acceptors (Lipinski definition) is 4. The van der Waals surface area contributed by atoms with Crippen molar-refractivity contribution in [1.29, 1.82) is 0 Å². The third-order valence-electron chi connectivity index (χ3n) is 2.75. The second-order valence-corrected chi connectivity index (χ2v) is 5.23. The maximum Gasteiger partial charge on any atom is 0.0929 e. The molecule has 2 unspecified atom stereocenters. The topological polar surface area (TPSA) is 42.4 Å². The van der Waals surface area contributed by atoms with Crippen LogP contribution >= 0.6 is 11.3 Å². The van der Waals surface area contributed by atoms with E-state index in [1.54, 1.807) is 17.5 Å². The Morgan fingerprint density at radius 1 is 1.71 bits per heavy atom. The fraction of sp³-hybridized carbons (Fsp3) is 0.700. The summed E-state index contributed by atoms with van der Waals surface area (Å²) in [5, 5.41) is 13.0. The Balaban J connectivity index is 2.01. The van der Waals surface area contributed by atoms with Gasteiger partial charge in [0.2, 0.25) is 0 Å². The van der Waals surface area contributed by atoms with Gasteiger partial charge < -0.3 is 9.84 Å². The van der Waals surface area contributed by atoms with Gasteiger partial charge in [-0.05, 0) is 13.8 Å². The zero-order valence-corrected chi connectivity index (χ0v) is 9.25. The van der Waals surface area contributed by atoms with Crippen LogP contribution in [0.4, 0.5) is 0 Å². The molecule has 1 aromatic heterocycles. The van der Waals surface area contributed by atoms with Gasteiger partial charge in [-0.2, -0.15) is 0 Å². The number of aromatic nitrogens is 1. The molecule has 2 heterocycles. The summed E-state index contributed by atoms with van der Waals surface area (Å²) < 4.78 is 5.54. The number of rotatable bonds is 2. The van der Waals surface area contributed by atoms with Crippen LogP contribution in [0.2, 0.25) is 0 Å². The van der Waals surface area contributed by atoms with E-state index in [1.165, 1.54) is 0 Å². The lowest BCUT2D eigenvalue weighted by atomic mass is 9.92. The monoisotopic (exact) mass is 213 g/mol. The van der Waals surface area contributed by atoms with E-state index in [2.05, 4.69) is 4.98 Å². The van der Waals surface area contributed by atoms with Crippen LogP contribution in [-0.2, 0) is 11.2 Å². The summed E-state index contributed by atoms with van der Waals surface area (Å²) in [7, 11) is 0. The van der Waals surface area contributed by atoms with Gasteiger partial charge in [0.05, 0.1) is 23.3 Å². The van der Waals surface area contributed by atoms with E-state index in [1.807, 2.05) is 19.2 Å². The molecule has 2 rings (SSSR count). The Labute approximate surface area is 87.7 Å². The first-order chi connectivity index (χ1) is 6.59. The van der Waals surface area contributed by atoms with Gasteiger partial charge in [0.25, 0.3) is 0 Å². The molecule has 4 heteroatoms. The van der Waals surface area contributed by atoms with Crippen molar-refractivity contribution in [1.82, 2.24) is 4.98 Å². The normalized spacial score (nSPS) is 30.8. The van der Waals surface area contributed by atoms with Gasteiger partial charge in [-0.3, -0.25) is 0 Å². The van der Waals surface area contributed by atoms with E-state index < -0.39 is 5.60 Å². The van der Waals surface area contributed by atoms with Gasteiger partial charge >= 0.3 is 0 Å². The molecule has 78 valence electrons. The Morgan fingerprint density at radius 2 is 2.50 bits per heavy atom. The number of ether oxygens (including phenoxy) is 1. The molecule has 0 spiro atoms. The molecule has 1 N–H and O–H groups in total. The number of nitrogens with zero attached hydrogens (tertiary/aromatic N) is 1. The van der Waals surface area contributed by atoms with Crippen LogP contribution in [0.15, 0.2) is 11.6 Å². The second kappa shape index (κ2) is 3.61. The molecule has 3 nitrogen and oxygen atoms in total. The van der Waals surface area contributed by atoms with Crippen molar-refractivity contribution in [3.63, 3.8) is 0 Å². The largest absolute Gasteiger partial charge is 0.390 e. The van der Waals surface area contributed by atoms with E-state index in [0.29, 0.717) is 6.61 Å². The summed E-state index contributed by atoms with van der Waals surface area (Å²) in [6.45, 7) is 4.49. The van der Waals surface area contributed by atoms with Crippen molar-refractivity contribution in [2.75, 3.05) is 6.61 Å². The molecule has 2 atom stereocenters. The van der Waals surface area contributed by atoms with Crippen LogP contribution in [0.25, 0.3) is 0 Å². The minimum atomic E-state index is -0.401. The number of hydrogen-bond donors (Lipinski definition) is 1. The highest BCUT2D eigenvalue weighted by molar-refractivity contribution is 7.09. The Morgan fingerprint density at radius 3 is 3.00 bits per heavy atom. The minimum Gasteiger partial charge on any atom is -0.390 e. The van der Waals surface area contributed by atoms with E-state index in [9.17, 15) is 5.11 Å². The standard InChI is InChI=1S/C10H15NO2S/c1-10(2)9(12)7(6-13-10)5-8-11-3-4-14-8/h3-4,7,9,12H,5-6H2,1-2H3. The van der Waals surface area contributed by atoms with Crippen molar-refractivity contribution < 1.29 is 9.84 Å². The predicted molar refractivity (Wildman–Crippen MR) is 55.3 cm³/mol. The summed E-state index contributed by atoms with van der Waals surface area (Å²) in [5.41, 5.74) is -0.401. The molecular formula is C10H15NO2S. The zero-order chi connectivity index (χ0) is 10.2. The van der Waals surface area contributed by atoms with Crippen LogP contribution in [0.3, 0.4) is 0 Å². The van der Waals surface area contributed by atoms with Crippen molar-refractivity contribution in [2.45, 2.75) is 32.0 Å². The van der Waals surface area contributed by atoms with Crippen molar-refractivity contribution in [2.24, 2.45) is 5.92 Å². The van der Waals surface area contributed by atoms with Crippen LogP contribution in [-0.4, -0.2) is 28.4 Å². The van der Waals surface area contributed by atoms with Crippen molar-refractivity contribution in [3.05, 3.63) is 16.6 Å². The van der Waals surface area contributed by atoms with Crippen LogP contribution < -0.4 is 0 Å². The first-order valence-electron chi connectivity index (χ1n) is 4.80. The Hall–Kier alpha value is -0.450. The summed E-state index contributed by atoms with van der Waals surface area (Å²) in [4.78, 5) is 4.21. The number of aliphatic hydroxyl groups is 1. The molecule has 1 aromatic rings. The lowest BCUT2D eigenvalue weighted by Gasteiger charge is -2.23. The third-order valence-corrected chi connectivity index (χ3v) is 3.55. The van der Waals surface area contributed by atoms with Gasteiger partial charge in [0.1, 0.15) is 0 Å².